The van der Waals surface area contributed by atoms with Crippen molar-refractivity contribution >= 4 is 27.7 Å². The summed E-state index contributed by atoms with van der Waals surface area (Å²) >= 11 is 5.52. The summed E-state index contributed by atoms with van der Waals surface area (Å²) in [5.41, 5.74) is 1.36. The van der Waals surface area contributed by atoms with E-state index < -0.39 is 0 Å². The minimum absolute atomic E-state index is 0.779. The lowest BCUT2D eigenvalue weighted by molar-refractivity contribution is 0.685. The second-order valence-corrected chi connectivity index (χ2v) is 6.03. The molecule has 0 aromatic heterocycles. The normalized spacial score (nSPS) is 15.6. The lowest BCUT2D eigenvalue weighted by atomic mass is 10.2. The molecule has 0 amide bonds. The third kappa shape index (κ3) is 3.51. The van der Waals surface area contributed by atoms with Crippen molar-refractivity contribution in [3.63, 3.8) is 0 Å². The highest BCUT2D eigenvalue weighted by atomic mass is 79.9. The first-order chi connectivity index (χ1) is 7.29. The Bertz CT molecular complexity index is 336. The van der Waals surface area contributed by atoms with E-state index in [1.807, 2.05) is 11.8 Å². The Morgan fingerprint density at radius 3 is 2.87 bits per heavy atom. The van der Waals surface area contributed by atoms with E-state index in [1.165, 1.54) is 27.8 Å². The molecule has 1 saturated carbocycles. The van der Waals surface area contributed by atoms with Crippen LogP contribution in [0, 0.1) is 0 Å². The van der Waals surface area contributed by atoms with Gasteiger partial charge in [0.15, 0.2) is 0 Å². The molecule has 1 fully saturated rings. The third-order valence-electron chi connectivity index (χ3n) is 2.49. The van der Waals surface area contributed by atoms with Crippen LogP contribution in [-0.4, -0.2) is 11.8 Å². The smallest absolute Gasteiger partial charge is 0.0231 e. The molecule has 1 aliphatic carbocycles. The van der Waals surface area contributed by atoms with Gasteiger partial charge in [-0.25, -0.2) is 0 Å². The quantitative estimate of drug-likeness (QED) is 0.826. The van der Waals surface area contributed by atoms with E-state index in [4.69, 9.17) is 0 Å². The molecule has 1 aromatic carbocycles. The monoisotopic (exact) mass is 285 g/mol. The molecule has 1 aliphatic rings. The molecule has 0 atom stereocenters. The average molecular weight is 286 g/mol. The van der Waals surface area contributed by atoms with Crippen LogP contribution in [0.3, 0.4) is 0 Å². The highest BCUT2D eigenvalue weighted by Gasteiger charge is 2.20. The van der Waals surface area contributed by atoms with E-state index in [0.717, 1.165) is 18.3 Å². The summed E-state index contributed by atoms with van der Waals surface area (Å²) in [7, 11) is 0. The van der Waals surface area contributed by atoms with Crippen LogP contribution in [0.15, 0.2) is 27.6 Å². The van der Waals surface area contributed by atoms with Gasteiger partial charge in [-0.05, 0) is 36.3 Å². The highest BCUT2D eigenvalue weighted by Crippen LogP contribution is 2.26. The molecule has 0 bridgehead atoms. The Balaban J connectivity index is 1.97. The lowest BCUT2D eigenvalue weighted by Gasteiger charge is -2.07. The second-order valence-electron chi connectivity index (χ2n) is 3.84. The Morgan fingerprint density at radius 2 is 2.27 bits per heavy atom. The maximum atomic E-state index is 3.63. The molecule has 0 unspecified atom stereocenters. The number of halogens is 1. The van der Waals surface area contributed by atoms with Crippen LogP contribution in [-0.2, 0) is 6.54 Å². The minimum Gasteiger partial charge on any atom is -0.310 e. The number of hydrogen-bond donors (Lipinski definition) is 1. The zero-order valence-electron chi connectivity index (χ0n) is 8.92. The number of nitrogens with one attached hydrogen (secondary N) is 1. The first-order valence-electron chi connectivity index (χ1n) is 5.44. The van der Waals surface area contributed by atoms with Crippen molar-refractivity contribution in [2.24, 2.45) is 0 Å². The SMILES string of the molecule is CCSc1ccc(CNC2CC2)c(Br)c1. The minimum atomic E-state index is 0.779. The van der Waals surface area contributed by atoms with Crippen LogP contribution in [0.5, 0.6) is 0 Å². The molecular weight excluding hydrogens is 270 g/mol. The number of thioether (sulfide) groups is 1. The molecule has 0 saturated heterocycles. The second kappa shape index (κ2) is 5.37. The molecule has 2 rings (SSSR count). The Morgan fingerprint density at radius 1 is 1.47 bits per heavy atom. The fourth-order valence-electron chi connectivity index (χ4n) is 1.47. The molecule has 3 heteroatoms. The largest absolute Gasteiger partial charge is 0.310 e. The fourth-order valence-corrected chi connectivity index (χ4v) is 2.84. The molecule has 1 aromatic rings. The summed E-state index contributed by atoms with van der Waals surface area (Å²) in [5, 5.41) is 3.53. The molecule has 0 radical (unpaired) electrons. The van der Waals surface area contributed by atoms with Gasteiger partial charge < -0.3 is 5.32 Å². The van der Waals surface area contributed by atoms with Crippen molar-refractivity contribution in [1.29, 1.82) is 0 Å². The predicted molar refractivity (Wildman–Crippen MR) is 70.4 cm³/mol. The summed E-state index contributed by atoms with van der Waals surface area (Å²) in [6.07, 6.45) is 2.70. The van der Waals surface area contributed by atoms with E-state index in [0.29, 0.717) is 0 Å². The van der Waals surface area contributed by atoms with Crippen LogP contribution in [0.2, 0.25) is 0 Å². The summed E-state index contributed by atoms with van der Waals surface area (Å²) < 4.78 is 1.23. The molecule has 0 aliphatic heterocycles. The van der Waals surface area contributed by atoms with Crippen LogP contribution in [0.25, 0.3) is 0 Å². The number of hydrogen-bond acceptors (Lipinski definition) is 2. The van der Waals surface area contributed by atoms with Crippen molar-refractivity contribution in [3.8, 4) is 0 Å². The highest BCUT2D eigenvalue weighted by molar-refractivity contribution is 9.10. The first kappa shape index (κ1) is 11.5. The molecule has 0 heterocycles. The average Bonchev–Trinajstić information content (AvgIpc) is 3.01. The van der Waals surface area contributed by atoms with Gasteiger partial charge in [0.05, 0.1) is 0 Å². The van der Waals surface area contributed by atoms with Crippen molar-refractivity contribution < 1.29 is 0 Å². The van der Waals surface area contributed by atoms with E-state index in [2.05, 4.69) is 46.4 Å². The molecule has 1 nitrogen and oxygen atoms in total. The summed E-state index contributed by atoms with van der Waals surface area (Å²) in [5.74, 6) is 1.13. The Labute approximate surface area is 104 Å². The van der Waals surface area contributed by atoms with Crippen molar-refractivity contribution in [2.45, 2.75) is 37.2 Å². The van der Waals surface area contributed by atoms with Crippen LogP contribution < -0.4 is 5.32 Å². The zero-order chi connectivity index (χ0) is 10.7. The molecule has 1 N–H and O–H groups in total. The van der Waals surface area contributed by atoms with E-state index in [-0.39, 0.29) is 0 Å². The standard InChI is InChI=1S/C12H16BrNS/c1-2-15-11-6-3-9(12(13)7-11)8-14-10-4-5-10/h3,6-7,10,14H,2,4-5,8H2,1H3. The van der Waals surface area contributed by atoms with Crippen molar-refractivity contribution in [3.05, 3.63) is 28.2 Å². The Kier molecular flexibility index (Phi) is 4.12. The summed E-state index contributed by atoms with van der Waals surface area (Å²) in [6.45, 7) is 3.17. The van der Waals surface area contributed by atoms with Gasteiger partial charge in [0.1, 0.15) is 0 Å². The third-order valence-corrected chi connectivity index (χ3v) is 4.11. The summed E-state index contributed by atoms with van der Waals surface area (Å²) in [6, 6.07) is 7.43. The Hall–Kier alpha value is 0.01000. The first-order valence-corrected chi connectivity index (χ1v) is 7.22. The van der Waals surface area contributed by atoms with Gasteiger partial charge in [0.25, 0.3) is 0 Å². The zero-order valence-corrected chi connectivity index (χ0v) is 11.3. The molecule has 82 valence electrons. The van der Waals surface area contributed by atoms with Crippen LogP contribution in [0.4, 0.5) is 0 Å². The lowest BCUT2D eigenvalue weighted by Crippen LogP contribution is -2.15. The summed E-state index contributed by atoms with van der Waals surface area (Å²) in [4.78, 5) is 1.35. The van der Waals surface area contributed by atoms with E-state index in [1.54, 1.807) is 0 Å². The molecular formula is C12H16BrNS. The predicted octanol–water partition coefficient (Wildman–Crippen LogP) is 3.81. The van der Waals surface area contributed by atoms with E-state index >= 15 is 0 Å². The van der Waals surface area contributed by atoms with Gasteiger partial charge in [-0.15, -0.1) is 11.8 Å². The fraction of sp³-hybridized carbons (Fsp3) is 0.500. The maximum Gasteiger partial charge on any atom is 0.0231 e. The molecule has 0 spiro atoms. The van der Waals surface area contributed by atoms with Gasteiger partial charge in [-0.3, -0.25) is 0 Å². The van der Waals surface area contributed by atoms with Gasteiger partial charge in [-0.2, -0.15) is 0 Å². The van der Waals surface area contributed by atoms with Crippen LogP contribution >= 0.6 is 27.7 Å². The van der Waals surface area contributed by atoms with Crippen molar-refractivity contribution in [1.82, 2.24) is 5.32 Å². The van der Waals surface area contributed by atoms with Gasteiger partial charge in [0.2, 0.25) is 0 Å². The maximum absolute atomic E-state index is 3.63. The van der Waals surface area contributed by atoms with Crippen molar-refractivity contribution in [2.75, 3.05) is 5.75 Å². The molecule has 15 heavy (non-hydrogen) atoms. The van der Waals surface area contributed by atoms with Gasteiger partial charge in [0, 0.05) is 22.0 Å². The van der Waals surface area contributed by atoms with Crippen LogP contribution in [0.1, 0.15) is 25.3 Å². The van der Waals surface area contributed by atoms with E-state index in [9.17, 15) is 0 Å². The van der Waals surface area contributed by atoms with Gasteiger partial charge in [-0.1, -0.05) is 28.9 Å². The van der Waals surface area contributed by atoms with Gasteiger partial charge >= 0.3 is 0 Å². The number of rotatable bonds is 5. The number of benzene rings is 1. The topological polar surface area (TPSA) is 12.0 Å².